The Hall–Kier alpha value is -3.02. The topological polar surface area (TPSA) is 53.1 Å². The van der Waals surface area contributed by atoms with Gasteiger partial charge in [0, 0.05) is 44.8 Å². The van der Waals surface area contributed by atoms with Crippen LogP contribution in [0.1, 0.15) is 31.4 Å². The number of carbonyl (C=O) groups excluding carboxylic acids is 2. The Morgan fingerprint density at radius 3 is 2.39 bits per heavy atom. The van der Waals surface area contributed by atoms with Gasteiger partial charge in [0.15, 0.2) is 5.60 Å². The lowest BCUT2D eigenvalue weighted by atomic mass is 10.0. The van der Waals surface area contributed by atoms with Crippen molar-refractivity contribution in [2.24, 2.45) is 0 Å². The standard InChI is InChI=1S/C25H31N3O3/c1-18-8-7-10-20(19(18)2)26-14-16-27(17-15-26)23(29)12-13-28-21-9-5-6-11-22(21)31-25(3,4)24(28)30/h5-11H,12-17H2,1-4H3. The van der Waals surface area contributed by atoms with E-state index in [4.69, 9.17) is 4.74 Å². The number of hydrogen-bond donors (Lipinski definition) is 0. The highest BCUT2D eigenvalue weighted by Gasteiger charge is 2.40. The van der Waals surface area contributed by atoms with Crippen LogP contribution in [0.15, 0.2) is 42.5 Å². The van der Waals surface area contributed by atoms with Crippen LogP contribution in [-0.2, 0) is 9.59 Å². The molecule has 2 heterocycles. The highest BCUT2D eigenvalue weighted by Crippen LogP contribution is 2.37. The summed E-state index contributed by atoms with van der Waals surface area (Å²) in [7, 11) is 0. The van der Waals surface area contributed by atoms with E-state index in [0.717, 1.165) is 18.8 Å². The third kappa shape index (κ3) is 4.11. The Morgan fingerprint density at radius 1 is 0.968 bits per heavy atom. The average molecular weight is 422 g/mol. The number of rotatable bonds is 4. The van der Waals surface area contributed by atoms with E-state index in [-0.39, 0.29) is 11.8 Å². The molecule has 1 saturated heterocycles. The second kappa shape index (κ2) is 8.25. The van der Waals surface area contributed by atoms with E-state index in [2.05, 4.69) is 36.9 Å². The van der Waals surface area contributed by atoms with E-state index < -0.39 is 5.60 Å². The van der Waals surface area contributed by atoms with Gasteiger partial charge in [-0.15, -0.1) is 0 Å². The van der Waals surface area contributed by atoms with Crippen molar-refractivity contribution in [1.82, 2.24) is 4.90 Å². The number of piperazine rings is 1. The summed E-state index contributed by atoms with van der Waals surface area (Å²) in [5, 5.41) is 0. The Labute approximate surface area is 184 Å². The largest absolute Gasteiger partial charge is 0.476 e. The molecule has 2 amide bonds. The molecule has 0 aliphatic carbocycles. The molecule has 0 aromatic heterocycles. The van der Waals surface area contributed by atoms with E-state index in [0.29, 0.717) is 31.8 Å². The Morgan fingerprint density at radius 2 is 1.65 bits per heavy atom. The predicted molar refractivity (Wildman–Crippen MR) is 123 cm³/mol. The number of aryl methyl sites for hydroxylation is 1. The van der Waals surface area contributed by atoms with Crippen molar-refractivity contribution in [1.29, 1.82) is 0 Å². The van der Waals surface area contributed by atoms with Crippen LogP contribution < -0.4 is 14.5 Å². The van der Waals surface area contributed by atoms with Crippen LogP contribution in [0.25, 0.3) is 0 Å². The molecule has 0 unspecified atom stereocenters. The van der Waals surface area contributed by atoms with Gasteiger partial charge >= 0.3 is 0 Å². The van der Waals surface area contributed by atoms with Crippen LogP contribution in [0.5, 0.6) is 5.75 Å². The van der Waals surface area contributed by atoms with Crippen LogP contribution in [0.2, 0.25) is 0 Å². The third-order valence-electron chi connectivity index (χ3n) is 6.38. The molecule has 0 atom stereocenters. The fraction of sp³-hybridized carbons (Fsp3) is 0.440. The molecule has 1 fully saturated rings. The lowest BCUT2D eigenvalue weighted by Gasteiger charge is -2.39. The second-order valence-corrected chi connectivity index (χ2v) is 8.87. The molecule has 2 aliphatic rings. The minimum absolute atomic E-state index is 0.0928. The number of ether oxygens (including phenoxy) is 1. The zero-order chi connectivity index (χ0) is 22.2. The first-order chi connectivity index (χ1) is 14.8. The number of carbonyl (C=O) groups is 2. The van der Waals surface area contributed by atoms with Gasteiger partial charge in [-0.25, -0.2) is 0 Å². The predicted octanol–water partition coefficient (Wildman–Crippen LogP) is 3.55. The minimum Gasteiger partial charge on any atom is -0.476 e. The van der Waals surface area contributed by atoms with Gasteiger partial charge in [0.25, 0.3) is 5.91 Å². The highest BCUT2D eigenvalue weighted by atomic mass is 16.5. The Kier molecular flexibility index (Phi) is 5.65. The SMILES string of the molecule is Cc1cccc(N2CCN(C(=O)CCN3C(=O)C(C)(C)Oc4ccccc43)CC2)c1C. The lowest BCUT2D eigenvalue weighted by Crippen LogP contribution is -2.54. The molecule has 31 heavy (non-hydrogen) atoms. The molecule has 4 rings (SSSR count). The molecule has 6 nitrogen and oxygen atoms in total. The molecule has 0 bridgehead atoms. The highest BCUT2D eigenvalue weighted by molar-refractivity contribution is 6.02. The molecule has 2 aromatic carbocycles. The van der Waals surface area contributed by atoms with Crippen molar-refractivity contribution in [3.05, 3.63) is 53.6 Å². The summed E-state index contributed by atoms with van der Waals surface area (Å²) in [5.74, 6) is 0.663. The Bertz CT molecular complexity index is 993. The van der Waals surface area contributed by atoms with E-state index in [9.17, 15) is 9.59 Å². The first kappa shape index (κ1) is 21.2. The van der Waals surface area contributed by atoms with Gasteiger partial charge in [-0.05, 0) is 57.0 Å². The molecule has 2 aliphatic heterocycles. The van der Waals surface area contributed by atoms with Gasteiger partial charge in [-0.1, -0.05) is 24.3 Å². The van der Waals surface area contributed by atoms with Crippen molar-refractivity contribution in [3.63, 3.8) is 0 Å². The maximum atomic E-state index is 12.9. The van der Waals surface area contributed by atoms with Crippen LogP contribution >= 0.6 is 0 Å². The second-order valence-electron chi connectivity index (χ2n) is 8.87. The number of fused-ring (bicyclic) bond motifs is 1. The summed E-state index contributed by atoms with van der Waals surface area (Å²) in [6.07, 6.45) is 0.305. The van der Waals surface area contributed by atoms with Gasteiger partial charge in [-0.3, -0.25) is 9.59 Å². The summed E-state index contributed by atoms with van der Waals surface area (Å²) >= 11 is 0. The summed E-state index contributed by atoms with van der Waals surface area (Å²) in [5.41, 5.74) is 3.64. The van der Waals surface area contributed by atoms with Crippen molar-refractivity contribution in [3.8, 4) is 5.75 Å². The van der Waals surface area contributed by atoms with Gasteiger partial charge < -0.3 is 19.4 Å². The quantitative estimate of drug-likeness (QED) is 0.758. The van der Waals surface area contributed by atoms with Gasteiger partial charge in [0.05, 0.1) is 5.69 Å². The normalized spacial score (nSPS) is 17.9. The Balaban J connectivity index is 1.38. The van der Waals surface area contributed by atoms with Crippen LogP contribution in [0.3, 0.4) is 0 Å². The maximum absolute atomic E-state index is 12.9. The van der Waals surface area contributed by atoms with Crippen LogP contribution in [0, 0.1) is 13.8 Å². The number of para-hydroxylation sites is 2. The van der Waals surface area contributed by atoms with E-state index in [1.54, 1.807) is 18.7 Å². The van der Waals surface area contributed by atoms with E-state index >= 15 is 0 Å². The van der Waals surface area contributed by atoms with Crippen LogP contribution in [0.4, 0.5) is 11.4 Å². The molecule has 0 radical (unpaired) electrons. The fourth-order valence-electron chi connectivity index (χ4n) is 4.38. The van der Waals surface area contributed by atoms with E-state index in [1.807, 2.05) is 29.2 Å². The molecule has 0 saturated carbocycles. The van der Waals surface area contributed by atoms with Crippen molar-refractivity contribution in [2.75, 3.05) is 42.5 Å². The number of anilines is 2. The van der Waals surface area contributed by atoms with Crippen LogP contribution in [-0.4, -0.2) is 55.0 Å². The monoisotopic (exact) mass is 421 g/mol. The summed E-state index contributed by atoms with van der Waals surface area (Å²) < 4.78 is 5.86. The van der Waals surface area contributed by atoms with Crippen molar-refractivity contribution in [2.45, 2.75) is 39.7 Å². The van der Waals surface area contributed by atoms with Crippen molar-refractivity contribution >= 4 is 23.2 Å². The van der Waals surface area contributed by atoms with Gasteiger partial charge in [0.1, 0.15) is 5.75 Å². The van der Waals surface area contributed by atoms with Gasteiger partial charge in [-0.2, -0.15) is 0 Å². The molecule has 6 heteroatoms. The number of benzene rings is 2. The number of nitrogens with zero attached hydrogens (tertiary/aromatic N) is 3. The summed E-state index contributed by atoms with van der Waals surface area (Å²) in [6, 6.07) is 13.9. The first-order valence-corrected chi connectivity index (χ1v) is 11.0. The minimum atomic E-state index is -0.936. The number of hydrogen-bond acceptors (Lipinski definition) is 4. The molecule has 2 aromatic rings. The van der Waals surface area contributed by atoms with Crippen molar-refractivity contribution < 1.29 is 14.3 Å². The molecular formula is C25H31N3O3. The zero-order valence-corrected chi connectivity index (χ0v) is 18.9. The summed E-state index contributed by atoms with van der Waals surface area (Å²) in [6.45, 7) is 11.2. The zero-order valence-electron chi connectivity index (χ0n) is 18.9. The lowest BCUT2D eigenvalue weighted by molar-refractivity contribution is -0.133. The molecular weight excluding hydrogens is 390 g/mol. The smallest absolute Gasteiger partial charge is 0.270 e. The number of amides is 2. The molecule has 0 N–H and O–H groups in total. The molecule has 164 valence electrons. The van der Waals surface area contributed by atoms with E-state index in [1.165, 1.54) is 16.8 Å². The average Bonchev–Trinajstić information content (AvgIpc) is 2.76. The maximum Gasteiger partial charge on any atom is 0.270 e. The fourth-order valence-corrected chi connectivity index (χ4v) is 4.38. The first-order valence-electron chi connectivity index (χ1n) is 11.0. The molecule has 0 spiro atoms. The summed E-state index contributed by atoms with van der Waals surface area (Å²) in [4.78, 5) is 31.8. The van der Waals surface area contributed by atoms with Gasteiger partial charge in [0.2, 0.25) is 5.91 Å². The third-order valence-corrected chi connectivity index (χ3v) is 6.38.